The number of benzene rings is 2. The molecule has 146 valence electrons. The SMILES string of the molecule is Cl.O=C(Cc1ccc(C(F)(F)F)cc1)N1CCNCC1c1cccc(F)c1. The molecule has 3 nitrogen and oxygen atoms in total. The molecule has 1 fully saturated rings. The first-order chi connectivity index (χ1) is 12.3. The predicted octanol–water partition coefficient (Wildman–Crippen LogP) is 3.98. The van der Waals surface area contributed by atoms with Crippen LogP contribution in [0.15, 0.2) is 48.5 Å². The quantitative estimate of drug-likeness (QED) is 0.788. The van der Waals surface area contributed by atoms with Crippen LogP contribution in [-0.4, -0.2) is 30.4 Å². The number of nitrogens with one attached hydrogen (secondary N) is 1. The lowest BCUT2D eigenvalue weighted by Gasteiger charge is -2.36. The number of alkyl halides is 3. The van der Waals surface area contributed by atoms with Crippen LogP contribution in [0.3, 0.4) is 0 Å². The molecule has 3 rings (SSSR count). The Balaban J connectivity index is 0.00000261. The van der Waals surface area contributed by atoms with Crippen LogP contribution in [0.5, 0.6) is 0 Å². The number of carbonyl (C=O) groups is 1. The Hall–Kier alpha value is -2.12. The lowest BCUT2D eigenvalue weighted by molar-refractivity contribution is -0.137. The lowest BCUT2D eigenvalue weighted by Crippen LogP contribution is -2.49. The van der Waals surface area contributed by atoms with Crippen molar-refractivity contribution in [1.29, 1.82) is 0 Å². The van der Waals surface area contributed by atoms with Crippen molar-refractivity contribution in [2.75, 3.05) is 19.6 Å². The van der Waals surface area contributed by atoms with E-state index < -0.39 is 11.7 Å². The molecule has 0 aromatic heterocycles. The fraction of sp³-hybridized carbons (Fsp3) is 0.316. The smallest absolute Gasteiger partial charge is 0.333 e. The van der Waals surface area contributed by atoms with Crippen molar-refractivity contribution in [1.82, 2.24) is 10.2 Å². The summed E-state index contributed by atoms with van der Waals surface area (Å²) in [5.74, 6) is -0.566. The van der Waals surface area contributed by atoms with Gasteiger partial charge in [-0.3, -0.25) is 4.79 Å². The minimum Gasteiger partial charge on any atom is -0.333 e. The van der Waals surface area contributed by atoms with Gasteiger partial charge in [-0.1, -0.05) is 24.3 Å². The molecule has 0 saturated carbocycles. The maximum absolute atomic E-state index is 13.5. The van der Waals surface area contributed by atoms with Gasteiger partial charge in [-0.2, -0.15) is 13.2 Å². The van der Waals surface area contributed by atoms with E-state index in [9.17, 15) is 22.4 Å². The van der Waals surface area contributed by atoms with Crippen LogP contribution in [0.25, 0.3) is 0 Å². The van der Waals surface area contributed by atoms with Crippen LogP contribution in [0.1, 0.15) is 22.7 Å². The van der Waals surface area contributed by atoms with E-state index in [1.165, 1.54) is 24.3 Å². The number of halogens is 5. The molecule has 1 amide bonds. The van der Waals surface area contributed by atoms with E-state index in [0.29, 0.717) is 30.8 Å². The van der Waals surface area contributed by atoms with Crippen LogP contribution in [0.4, 0.5) is 17.6 Å². The molecule has 27 heavy (non-hydrogen) atoms. The van der Waals surface area contributed by atoms with Gasteiger partial charge in [0.1, 0.15) is 5.82 Å². The monoisotopic (exact) mass is 402 g/mol. The van der Waals surface area contributed by atoms with E-state index in [-0.39, 0.29) is 36.6 Å². The molecule has 0 bridgehead atoms. The highest BCUT2D eigenvalue weighted by Crippen LogP contribution is 2.29. The van der Waals surface area contributed by atoms with Gasteiger partial charge in [-0.05, 0) is 35.4 Å². The van der Waals surface area contributed by atoms with Gasteiger partial charge in [-0.15, -0.1) is 12.4 Å². The fourth-order valence-corrected chi connectivity index (χ4v) is 3.10. The zero-order chi connectivity index (χ0) is 18.7. The summed E-state index contributed by atoms with van der Waals surface area (Å²) < 4.78 is 51.4. The topological polar surface area (TPSA) is 32.3 Å². The van der Waals surface area contributed by atoms with Crippen molar-refractivity contribution in [3.05, 3.63) is 71.0 Å². The Kier molecular flexibility index (Phi) is 6.84. The second-order valence-electron chi connectivity index (χ2n) is 6.23. The minimum absolute atomic E-state index is 0. The molecule has 1 saturated heterocycles. The summed E-state index contributed by atoms with van der Waals surface area (Å²) in [6.45, 7) is 1.58. The molecular formula is C19H19ClF4N2O. The summed E-state index contributed by atoms with van der Waals surface area (Å²) in [6, 6.07) is 10.4. The van der Waals surface area contributed by atoms with Crippen molar-refractivity contribution in [3.63, 3.8) is 0 Å². The van der Waals surface area contributed by atoms with Crippen LogP contribution in [-0.2, 0) is 17.4 Å². The fourth-order valence-electron chi connectivity index (χ4n) is 3.10. The molecule has 2 aromatic rings. The van der Waals surface area contributed by atoms with Crippen LogP contribution in [0, 0.1) is 5.82 Å². The van der Waals surface area contributed by atoms with E-state index in [1.54, 1.807) is 17.0 Å². The largest absolute Gasteiger partial charge is 0.416 e. The van der Waals surface area contributed by atoms with Crippen LogP contribution in [0.2, 0.25) is 0 Å². The van der Waals surface area contributed by atoms with Crippen molar-refractivity contribution >= 4 is 18.3 Å². The zero-order valence-corrected chi connectivity index (χ0v) is 15.1. The van der Waals surface area contributed by atoms with Gasteiger partial charge >= 0.3 is 6.18 Å². The normalized spacial score (nSPS) is 17.3. The van der Waals surface area contributed by atoms with E-state index in [2.05, 4.69) is 5.32 Å². The van der Waals surface area contributed by atoms with Gasteiger partial charge in [0.25, 0.3) is 0 Å². The number of piperazine rings is 1. The Morgan fingerprint density at radius 3 is 2.48 bits per heavy atom. The Morgan fingerprint density at radius 2 is 1.85 bits per heavy atom. The number of rotatable bonds is 3. The highest BCUT2D eigenvalue weighted by Gasteiger charge is 2.31. The average Bonchev–Trinajstić information content (AvgIpc) is 2.61. The summed E-state index contributed by atoms with van der Waals surface area (Å²) in [7, 11) is 0. The first kappa shape index (κ1) is 21.2. The summed E-state index contributed by atoms with van der Waals surface area (Å²) in [5.41, 5.74) is 0.464. The first-order valence-corrected chi connectivity index (χ1v) is 8.26. The minimum atomic E-state index is -4.40. The van der Waals surface area contributed by atoms with Crippen LogP contribution >= 0.6 is 12.4 Å². The molecule has 1 aliphatic heterocycles. The number of carbonyl (C=O) groups excluding carboxylic acids is 1. The van der Waals surface area contributed by atoms with Crippen molar-refractivity contribution in [3.8, 4) is 0 Å². The van der Waals surface area contributed by atoms with Crippen molar-refractivity contribution < 1.29 is 22.4 Å². The molecule has 1 unspecified atom stereocenters. The van der Waals surface area contributed by atoms with E-state index in [4.69, 9.17) is 0 Å². The van der Waals surface area contributed by atoms with Gasteiger partial charge in [0.2, 0.25) is 5.91 Å². The van der Waals surface area contributed by atoms with E-state index >= 15 is 0 Å². The second kappa shape index (κ2) is 8.71. The van der Waals surface area contributed by atoms with Crippen molar-refractivity contribution in [2.24, 2.45) is 0 Å². The van der Waals surface area contributed by atoms with E-state index in [1.807, 2.05) is 0 Å². The average molecular weight is 403 g/mol. The number of nitrogens with zero attached hydrogens (tertiary/aromatic N) is 1. The van der Waals surface area contributed by atoms with Gasteiger partial charge in [0.05, 0.1) is 18.0 Å². The number of hydrogen-bond acceptors (Lipinski definition) is 2. The molecule has 1 aliphatic rings. The standard InChI is InChI=1S/C19H18F4N2O.ClH/c20-16-3-1-2-14(11-16)17-12-24-8-9-25(17)18(26)10-13-4-6-15(7-5-13)19(21,22)23;/h1-7,11,17,24H,8-10,12H2;1H. The highest BCUT2D eigenvalue weighted by atomic mass is 35.5. The summed E-state index contributed by atoms with van der Waals surface area (Å²) >= 11 is 0. The van der Waals surface area contributed by atoms with Gasteiger partial charge in [-0.25, -0.2) is 4.39 Å². The third-order valence-electron chi connectivity index (χ3n) is 4.43. The molecule has 1 N–H and O–H groups in total. The second-order valence-corrected chi connectivity index (χ2v) is 6.23. The van der Waals surface area contributed by atoms with Crippen LogP contribution < -0.4 is 5.32 Å². The maximum atomic E-state index is 13.5. The van der Waals surface area contributed by atoms with E-state index in [0.717, 1.165) is 12.1 Å². The predicted molar refractivity (Wildman–Crippen MR) is 96.1 cm³/mol. The molecule has 8 heteroatoms. The molecule has 1 atom stereocenters. The zero-order valence-electron chi connectivity index (χ0n) is 14.3. The van der Waals surface area contributed by atoms with Gasteiger partial charge in [0, 0.05) is 19.6 Å². The third-order valence-corrected chi connectivity index (χ3v) is 4.43. The lowest BCUT2D eigenvalue weighted by atomic mass is 10.0. The summed E-state index contributed by atoms with van der Waals surface area (Å²) in [6.07, 6.45) is -4.40. The summed E-state index contributed by atoms with van der Waals surface area (Å²) in [4.78, 5) is 14.4. The summed E-state index contributed by atoms with van der Waals surface area (Å²) in [5, 5.41) is 3.18. The molecule has 0 aliphatic carbocycles. The maximum Gasteiger partial charge on any atom is 0.416 e. The number of hydrogen-bond donors (Lipinski definition) is 1. The Morgan fingerprint density at radius 1 is 1.15 bits per heavy atom. The Bertz CT molecular complexity index is 780. The Labute approximate surface area is 160 Å². The molecule has 2 aromatic carbocycles. The first-order valence-electron chi connectivity index (χ1n) is 8.26. The third kappa shape index (κ3) is 5.20. The van der Waals surface area contributed by atoms with Gasteiger partial charge < -0.3 is 10.2 Å². The molecular weight excluding hydrogens is 384 g/mol. The molecule has 0 spiro atoms. The number of amides is 1. The van der Waals surface area contributed by atoms with Gasteiger partial charge in [0.15, 0.2) is 0 Å². The molecule has 1 heterocycles. The van der Waals surface area contributed by atoms with Crippen molar-refractivity contribution in [2.45, 2.75) is 18.6 Å². The highest BCUT2D eigenvalue weighted by molar-refractivity contribution is 5.85. The molecule has 0 radical (unpaired) electrons.